The van der Waals surface area contributed by atoms with Crippen LogP contribution in [0.1, 0.15) is 0 Å². The Morgan fingerprint density at radius 3 is 2.72 bits per heavy atom. The van der Waals surface area contributed by atoms with Crippen LogP contribution >= 0.6 is 11.6 Å². The monoisotopic (exact) mass is 371 g/mol. The summed E-state index contributed by atoms with van der Waals surface area (Å²) in [4.78, 5) is 17.7. The Morgan fingerprint density at radius 2 is 2.12 bits per heavy atom. The van der Waals surface area contributed by atoms with Gasteiger partial charge in [0.05, 0.1) is 25.5 Å². The molecule has 1 amide bonds. The van der Waals surface area contributed by atoms with Gasteiger partial charge in [-0.2, -0.15) is 8.78 Å². The van der Waals surface area contributed by atoms with E-state index < -0.39 is 6.61 Å². The number of benzene rings is 1. The summed E-state index contributed by atoms with van der Waals surface area (Å²) in [5.74, 6) is 0.528. The second kappa shape index (κ2) is 8.48. The summed E-state index contributed by atoms with van der Waals surface area (Å²) in [5.41, 5.74) is 0.446. The molecular formula is C16H16ClF2N3O3. The number of halogens is 3. The first-order valence-corrected chi connectivity index (χ1v) is 7.52. The third-order valence-electron chi connectivity index (χ3n) is 3.15. The SMILES string of the molecule is COc1ccc(Cl)cc1NC(=O)CN(C)c1ccc(OC(F)F)cn1. The number of hydrogen-bond acceptors (Lipinski definition) is 5. The van der Waals surface area contributed by atoms with Gasteiger partial charge in [-0.25, -0.2) is 4.98 Å². The lowest BCUT2D eigenvalue weighted by Crippen LogP contribution is -2.30. The smallest absolute Gasteiger partial charge is 0.387 e. The molecule has 1 aromatic carbocycles. The number of amides is 1. The highest BCUT2D eigenvalue weighted by Crippen LogP contribution is 2.27. The Bertz CT molecular complexity index is 729. The summed E-state index contributed by atoms with van der Waals surface area (Å²) in [7, 11) is 3.13. The topological polar surface area (TPSA) is 63.7 Å². The molecule has 134 valence electrons. The molecule has 0 saturated carbocycles. The van der Waals surface area contributed by atoms with Gasteiger partial charge in [-0.15, -0.1) is 0 Å². The standard InChI is InChI=1S/C16H16ClF2N3O3/c1-22(14-6-4-11(8-20-14)25-16(18)19)9-15(23)21-12-7-10(17)3-5-13(12)24-2/h3-8,16H,9H2,1-2H3,(H,21,23). The molecule has 2 aromatic rings. The lowest BCUT2D eigenvalue weighted by Gasteiger charge is -2.18. The van der Waals surface area contributed by atoms with Gasteiger partial charge in [0.15, 0.2) is 0 Å². The van der Waals surface area contributed by atoms with Crippen molar-refractivity contribution in [3.63, 3.8) is 0 Å². The minimum absolute atomic E-state index is 0.0162. The van der Waals surface area contributed by atoms with Gasteiger partial charge in [0, 0.05) is 12.1 Å². The van der Waals surface area contributed by atoms with Gasteiger partial charge in [-0.1, -0.05) is 11.6 Å². The van der Waals surface area contributed by atoms with Crippen LogP contribution in [0.5, 0.6) is 11.5 Å². The van der Waals surface area contributed by atoms with Crippen LogP contribution in [0.3, 0.4) is 0 Å². The number of carbonyl (C=O) groups is 1. The van der Waals surface area contributed by atoms with Crippen molar-refractivity contribution >= 4 is 29.0 Å². The predicted molar refractivity (Wildman–Crippen MR) is 90.8 cm³/mol. The first kappa shape index (κ1) is 18.7. The maximum atomic E-state index is 12.2. The van der Waals surface area contributed by atoms with E-state index in [0.29, 0.717) is 22.3 Å². The zero-order valence-electron chi connectivity index (χ0n) is 13.5. The number of methoxy groups -OCH3 is 1. The number of pyridine rings is 1. The van der Waals surface area contributed by atoms with Gasteiger partial charge < -0.3 is 19.7 Å². The van der Waals surface area contributed by atoms with Crippen molar-refractivity contribution in [1.82, 2.24) is 4.98 Å². The van der Waals surface area contributed by atoms with Crippen molar-refractivity contribution < 1.29 is 23.0 Å². The van der Waals surface area contributed by atoms with Gasteiger partial charge >= 0.3 is 6.61 Å². The van der Waals surface area contributed by atoms with Gasteiger partial charge in [0.2, 0.25) is 5.91 Å². The van der Waals surface area contributed by atoms with E-state index >= 15 is 0 Å². The minimum atomic E-state index is -2.91. The van der Waals surface area contributed by atoms with Crippen LogP contribution in [0.4, 0.5) is 20.3 Å². The minimum Gasteiger partial charge on any atom is -0.495 e. The molecule has 1 heterocycles. The summed E-state index contributed by atoms with van der Waals surface area (Å²) in [6, 6.07) is 7.70. The molecule has 1 N–H and O–H groups in total. The summed E-state index contributed by atoms with van der Waals surface area (Å²) < 4.78 is 33.6. The molecule has 1 aromatic heterocycles. The predicted octanol–water partition coefficient (Wildman–Crippen LogP) is 3.42. The fraction of sp³-hybridized carbons (Fsp3) is 0.250. The van der Waals surface area contributed by atoms with Crippen LogP contribution in [0, 0.1) is 0 Å². The summed E-state index contributed by atoms with van der Waals surface area (Å²) in [5, 5.41) is 3.16. The number of aromatic nitrogens is 1. The average molecular weight is 372 g/mol. The van der Waals surface area contributed by atoms with Crippen LogP contribution < -0.4 is 19.7 Å². The highest BCUT2D eigenvalue weighted by atomic mass is 35.5. The highest BCUT2D eigenvalue weighted by Gasteiger charge is 2.12. The second-order valence-electron chi connectivity index (χ2n) is 4.98. The van der Waals surface area contributed by atoms with E-state index in [1.54, 1.807) is 30.1 Å². The molecular weight excluding hydrogens is 356 g/mol. The van der Waals surface area contributed by atoms with Gasteiger partial charge in [-0.05, 0) is 30.3 Å². The molecule has 0 saturated heterocycles. The Morgan fingerprint density at radius 1 is 1.36 bits per heavy atom. The zero-order valence-corrected chi connectivity index (χ0v) is 14.3. The third kappa shape index (κ3) is 5.46. The molecule has 0 radical (unpaired) electrons. The van der Waals surface area contributed by atoms with Crippen LogP contribution in [-0.4, -0.2) is 38.2 Å². The Balaban J connectivity index is 1.99. The number of anilines is 2. The number of carbonyl (C=O) groups excluding carboxylic acids is 1. The van der Waals surface area contributed by atoms with Crippen LogP contribution in [0.25, 0.3) is 0 Å². The van der Waals surface area contributed by atoms with E-state index in [1.165, 1.54) is 19.2 Å². The highest BCUT2D eigenvalue weighted by molar-refractivity contribution is 6.31. The largest absolute Gasteiger partial charge is 0.495 e. The number of hydrogen-bond donors (Lipinski definition) is 1. The van der Waals surface area contributed by atoms with Crippen LogP contribution in [0.15, 0.2) is 36.5 Å². The quantitative estimate of drug-likeness (QED) is 0.808. The molecule has 0 fully saturated rings. The molecule has 6 nitrogen and oxygen atoms in total. The molecule has 0 aliphatic rings. The number of nitrogens with zero attached hydrogens (tertiary/aromatic N) is 2. The molecule has 2 rings (SSSR count). The van der Waals surface area contributed by atoms with Crippen molar-refractivity contribution in [2.45, 2.75) is 6.61 Å². The summed E-state index contributed by atoms with van der Waals surface area (Å²) in [6.45, 7) is -2.93. The van der Waals surface area contributed by atoms with E-state index in [9.17, 15) is 13.6 Å². The Hall–Kier alpha value is -2.61. The van der Waals surface area contributed by atoms with Crippen molar-refractivity contribution in [2.75, 3.05) is 30.9 Å². The normalized spacial score (nSPS) is 10.5. The molecule has 25 heavy (non-hydrogen) atoms. The first-order valence-electron chi connectivity index (χ1n) is 7.14. The number of nitrogens with one attached hydrogen (secondary N) is 1. The fourth-order valence-electron chi connectivity index (χ4n) is 2.03. The number of ether oxygens (including phenoxy) is 2. The zero-order chi connectivity index (χ0) is 18.4. The number of alkyl halides is 2. The molecule has 0 spiro atoms. The van der Waals surface area contributed by atoms with Crippen molar-refractivity contribution in [1.29, 1.82) is 0 Å². The van der Waals surface area contributed by atoms with Crippen molar-refractivity contribution in [3.8, 4) is 11.5 Å². The number of rotatable bonds is 7. The first-order chi connectivity index (χ1) is 11.9. The maximum Gasteiger partial charge on any atom is 0.387 e. The third-order valence-corrected chi connectivity index (χ3v) is 3.39. The maximum absolute atomic E-state index is 12.2. The second-order valence-corrected chi connectivity index (χ2v) is 5.42. The van der Waals surface area contributed by atoms with Crippen LogP contribution in [-0.2, 0) is 4.79 Å². The average Bonchev–Trinajstić information content (AvgIpc) is 2.55. The van der Waals surface area contributed by atoms with Crippen molar-refractivity contribution in [2.24, 2.45) is 0 Å². The van der Waals surface area contributed by atoms with E-state index in [4.69, 9.17) is 16.3 Å². The van der Waals surface area contributed by atoms with Crippen LogP contribution in [0.2, 0.25) is 5.02 Å². The molecule has 0 bridgehead atoms. The molecule has 0 unspecified atom stereocenters. The van der Waals surface area contributed by atoms with Gasteiger partial charge in [0.1, 0.15) is 17.3 Å². The summed E-state index contributed by atoms with van der Waals surface area (Å²) >= 11 is 5.92. The van der Waals surface area contributed by atoms with E-state index in [2.05, 4.69) is 15.0 Å². The Labute approximate surface area is 148 Å². The molecule has 0 aliphatic heterocycles. The Kier molecular flexibility index (Phi) is 6.35. The lowest BCUT2D eigenvalue weighted by atomic mass is 10.3. The number of likely N-dealkylation sites (N-methyl/N-ethyl adjacent to an activating group) is 1. The molecule has 9 heteroatoms. The van der Waals surface area contributed by atoms with E-state index in [0.717, 1.165) is 6.20 Å². The van der Waals surface area contributed by atoms with E-state index in [-0.39, 0.29) is 18.2 Å². The lowest BCUT2D eigenvalue weighted by molar-refractivity contribution is -0.114. The molecule has 0 aliphatic carbocycles. The summed E-state index contributed by atoms with van der Waals surface area (Å²) in [6.07, 6.45) is 1.16. The van der Waals surface area contributed by atoms with Crippen molar-refractivity contribution in [3.05, 3.63) is 41.6 Å². The fourth-order valence-corrected chi connectivity index (χ4v) is 2.21. The van der Waals surface area contributed by atoms with Gasteiger partial charge in [-0.3, -0.25) is 4.79 Å². The van der Waals surface area contributed by atoms with Gasteiger partial charge in [0.25, 0.3) is 0 Å². The molecule has 0 atom stereocenters. The van der Waals surface area contributed by atoms with E-state index in [1.807, 2.05) is 0 Å².